The molecule has 0 atom stereocenters. The number of rotatable bonds is 3. The van der Waals surface area contributed by atoms with Crippen LogP contribution in [0.25, 0.3) is 6.08 Å². The number of halogens is 1. The third-order valence-electron chi connectivity index (χ3n) is 1.70. The summed E-state index contributed by atoms with van der Waals surface area (Å²) in [5, 5.41) is 0. The Balaban J connectivity index is 2.85. The quantitative estimate of drug-likeness (QED) is 0.867. The molecule has 0 fully saturated rings. The molecular formula is C9H12BrNO. The van der Waals surface area contributed by atoms with Crippen molar-refractivity contribution in [2.75, 3.05) is 6.54 Å². The van der Waals surface area contributed by atoms with Crippen LogP contribution in [0.3, 0.4) is 0 Å². The molecule has 0 radical (unpaired) electrons. The first-order chi connectivity index (χ1) is 5.77. The maximum atomic E-state index is 5.52. The largest absolute Gasteiger partial charge is 0.464 e. The van der Waals surface area contributed by atoms with E-state index in [-0.39, 0.29) is 0 Å². The summed E-state index contributed by atoms with van der Waals surface area (Å²) in [5.74, 6) is 0.845. The highest BCUT2D eigenvalue weighted by Crippen LogP contribution is 2.20. The van der Waals surface area contributed by atoms with Gasteiger partial charge >= 0.3 is 0 Å². The third kappa shape index (κ3) is 2.22. The van der Waals surface area contributed by atoms with Crippen molar-refractivity contribution < 1.29 is 4.42 Å². The van der Waals surface area contributed by atoms with Crippen molar-refractivity contribution in [3.63, 3.8) is 0 Å². The summed E-state index contributed by atoms with van der Waals surface area (Å²) in [7, 11) is 0. The smallest absolute Gasteiger partial charge is 0.140 e. The first-order valence-electron chi connectivity index (χ1n) is 3.90. The minimum absolute atomic E-state index is 0.587. The predicted molar refractivity (Wildman–Crippen MR) is 53.7 cm³/mol. The first-order valence-corrected chi connectivity index (χ1v) is 4.69. The van der Waals surface area contributed by atoms with Gasteiger partial charge in [0.15, 0.2) is 0 Å². The molecule has 66 valence electrons. The van der Waals surface area contributed by atoms with Crippen LogP contribution in [0.1, 0.15) is 19.1 Å². The van der Waals surface area contributed by atoms with Gasteiger partial charge in [0.05, 0.1) is 10.7 Å². The van der Waals surface area contributed by atoms with E-state index in [0.717, 1.165) is 16.7 Å². The molecule has 1 aromatic rings. The second-order valence-electron chi connectivity index (χ2n) is 2.49. The van der Waals surface area contributed by atoms with E-state index in [2.05, 4.69) is 22.9 Å². The molecule has 1 heterocycles. The lowest BCUT2D eigenvalue weighted by atomic mass is 10.2. The Morgan fingerprint density at radius 3 is 2.92 bits per heavy atom. The third-order valence-corrected chi connectivity index (χ3v) is 2.35. The van der Waals surface area contributed by atoms with E-state index in [9.17, 15) is 0 Å². The number of nitrogens with two attached hydrogens (primary N) is 1. The average molecular weight is 230 g/mol. The highest BCUT2D eigenvalue weighted by atomic mass is 79.9. The van der Waals surface area contributed by atoms with Gasteiger partial charge in [-0.15, -0.1) is 0 Å². The van der Waals surface area contributed by atoms with Crippen molar-refractivity contribution in [1.29, 1.82) is 0 Å². The molecule has 0 amide bonds. The van der Waals surface area contributed by atoms with Crippen LogP contribution in [0.15, 0.2) is 26.8 Å². The van der Waals surface area contributed by atoms with Gasteiger partial charge in [-0.25, -0.2) is 0 Å². The van der Waals surface area contributed by atoms with Crippen LogP contribution < -0.4 is 5.73 Å². The van der Waals surface area contributed by atoms with Gasteiger partial charge in [-0.3, -0.25) is 0 Å². The maximum Gasteiger partial charge on any atom is 0.140 e. The van der Waals surface area contributed by atoms with E-state index in [1.807, 2.05) is 12.1 Å². The lowest BCUT2D eigenvalue weighted by molar-refractivity contribution is 0.554. The molecule has 0 aromatic carbocycles. The zero-order valence-electron chi connectivity index (χ0n) is 7.01. The van der Waals surface area contributed by atoms with Crippen molar-refractivity contribution in [1.82, 2.24) is 0 Å². The normalized spacial score (nSPS) is 12.1. The van der Waals surface area contributed by atoms with E-state index in [4.69, 9.17) is 10.2 Å². The van der Waals surface area contributed by atoms with Crippen LogP contribution in [0.4, 0.5) is 0 Å². The molecule has 0 saturated heterocycles. The van der Waals surface area contributed by atoms with Crippen molar-refractivity contribution in [3.8, 4) is 0 Å². The molecule has 1 aromatic heterocycles. The Hall–Kier alpha value is -0.540. The lowest BCUT2D eigenvalue weighted by Crippen LogP contribution is -2.01. The summed E-state index contributed by atoms with van der Waals surface area (Å²) in [6.07, 6.45) is 4.59. The second kappa shape index (κ2) is 4.48. The zero-order chi connectivity index (χ0) is 8.97. The van der Waals surface area contributed by atoms with Gasteiger partial charge in [0.1, 0.15) is 5.76 Å². The Kier molecular flexibility index (Phi) is 3.56. The van der Waals surface area contributed by atoms with Crippen molar-refractivity contribution in [2.45, 2.75) is 13.3 Å². The maximum absolute atomic E-state index is 5.52. The van der Waals surface area contributed by atoms with E-state index in [1.54, 1.807) is 6.26 Å². The Labute approximate surface area is 80.6 Å². The molecule has 2 nitrogen and oxygen atoms in total. The van der Waals surface area contributed by atoms with Crippen molar-refractivity contribution in [3.05, 3.63) is 28.1 Å². The molecular weight excluding hydrogens is 218 g/mol. The van der Waals surface area contributed by atoms with Gasteiger partial charge in [0.25, 0.3) is 0 Å². The van der Waals surface area contributed by atoms with Crippen molar-refractivity contribution in [2.24, 2.45) is 5.73 Å². The molecule has 0 bridgehead atoms. The fourth-order valence-corrected chi connectivity index (χ4v) is 1.22. The van der Waals surface area contributed by atoms with Crippen LogP contribution in [0, 0.1) is 0 Å². The van der Waals surface area contributed by atoms with Gasteiger partial charge in [0, 0.05) is 6.54 Å². The molecule has 0 spiro atoms. The highest BCUT2D eigenvalue weighted by Gasteiger charge is 2.00. The molecule has 0 aliphatic rings. The highest BCUT2D eigenvalue weighted by molar-refractivity contribution is 9.10. The van der Waals surface area contributed by atoms with Gasteiger partial charge in [-0.1, -0.05) is 12.5 Å². The molecule has 0 unspecified atom stereocenters. The van der Waals surface area contributed by atoms with Gasteiger partial charge < -0.3 is 10.2 Å². The molecule has 0 aliphatic heterocycles. The van der Waals surface area contributed by atoms with E-state index in [1.165, 1.54) is 5.57 Å². The fourth-order valence-electron chi connectivity index (χ4n) is 0.899. The minimum atomic E-state index is 0.587. The predicted octanol–water partition coefficient (Wildman–Crippen LogP) is 2.79. The standard InChI is InChI=1S/C9H12BrNO/c1-2-7(6-11)5-9-8(10)3-4-12-9/h3-5H,2,6,11H2,1H3/b7-5-. The topological polar surface area (TPSA) is 39.2 Å². The molecule has 3 heteroatoms. The minimum Gasteiger partial charge on any atom is -0.464 e. The van der Waals surface area contributed by atoms with Crippen LogP contribution in [-0.2, 0) is 0 Å². The summed E-state index contributed by atoms with van der Waals surface area (Å²) in [4.78, 5) is 0. The van der Waals surface area contributed by atoms with Crippen LogP contribution in [0.5, 0.6) is 0 Å². The lowest BCUT2D eigenvalue weighted by Gasteiger charge is -1.97. The average Bonchev–Trinajstić information content (AvgIpc) is 2.47. The Bertz CT molecular complexity index is 272. The van der Waals surface area contributed by atoms with Crippen LogP contribution in [0.2, 0.25) is 0 Å². The van der Waals surface area contributed by atoms with Crippen molar-refractivity contribution >= 4 is 22.0 Å². The second-order valence-corrected chi connectivity index (χ2v) is 3.35. The molecule has 1 rings (SSSR count). The zero-order valence-corrected chi connectivity index (χ0v) is 8.60. The van der Waals surface area contributed by atoms with E-state index in [0.29, 0.717) is 6.54 Å². The molecule has 12 heavy (non-hydrogen) atoms. The van der Waals surface area contributed by atoms with Gasteiger partial charge in [0.2, 0.25) is 0 Å². The molecule has 0 saturated carbocycles. The summed E-state index contributed by atoms with van der Waals surface area (Å²) in [6, 6.07) is 1.87. The molecule has 2 N–H and O–H groups in total. The Morgan fingerprint density at radius 2 is 2.50 bits per heavy atom. The SMILES string of the molecule is CC/C(=C/c1occc1Br)CN. The summed E-state index contributed by atoms with van der Waals surface area (Å²) in [5.41, 5.74) is 6.71. The molecule has 0 aliphatic carbocycles. The van der Waals surface area contributed by atoms with E-state index < -0.39 is 0 Å². The van der Waals surface area contributed by atoms with Gasteiger partial charge in [-0.05, 0) is 34.5 Å². The van der Waals surface area contributed by atoms with Crippen LogP contribution in [-0.4, -0.2) is 6.54 Å². The number of furan rings is 1. The summed E-state index contributed by atoms with van der Waals surface area (Å²) < 4.78 is 6.19. The summed E-state index contributed by atoms with van der Waals surface area (Å²) in [6.45, 7) is 2.67. The van der Waals surface area contributed by atoms with Gasteiger partial charge in [-0.2, -0.15) is 0 Å². The first kappa shape index (κ1) is 9.55. The van der Waals surface area contributed by atoms with Crippen LogP contribution >= 0.6 is 15.9 Å². The van der Waals surface area contributed by atoms with E-state index >= 15 is 0 Å². The number of hydrogen-bond acceptors (Lipinski definition) is 2. The fraction of sp³-hybridized carbons (Fsp3) is 0.333. The number of hydrogen-bond donors (Lipinski definition) is 1. The Morgan fingerprint density at radius 1 is 1.75 bits per heavy atom. The monoisotopic (exact) mass is 229 g/mol. The summed E-state index contributed by atoms with van der Waals surface area (Å²) >= 11 is 3.37.